The molecular formula is C19H31NO9. The number of carbonyl (C=O) groups is 1. The van der Waals surface area contributed by atoms with Gasteiger partial charge in [0.05, 0.1) is 19.7 Å². The number of oxime groups is 1. The van der Waals surface area contributed by atoms with Gasteiger partial charge in [-0.15, -0.1) is 0 Å². The highest BCUT2D eigenvalue weighted by molar-refractivity contribution is 5.71. The maximum atomic E-state index is 11.1. The smallest absolute Gasteiger partial charge is 0.309 e. The highest BCUT2D eigenvalue weighted by Crippen LogP contribution is 2.38. The van der Waals surface area contributed by atoms with E-state index in [2.05, 4.69) is 9.89 Å². The molecule has 0 amide bonds. The van der Waals surface area contributed by atoms with E-state index in [0.29, 0.717) is 0 Å². The van der Waals surface area contributed by atoms with E-state index in [1.54, 1.807) is 19.9 Å². The average Bonchev–Trinajstić information content (AvgIpc) is 3.13. The molecule has 2 heterocycles. The summed E-state index contributed by atoms with van der Waals surface area (Å²) in [7, 11) is 2.86. The number of nitrogens with zero attached hydrogens (tertiary/aromatic N) is 1. The van der Waals surface area contributed by atoms with Crippen LogP contribution in [0.4, 0.5) is 0 Å². The molecule has 10 heteroatoms. The average molecular weight is 417 g/mol. The zero-order valence-electron chi connectivity index (χ0n) is 17.4. The lowest BCUT2D eigenvalue weighted by atomic mass is 10.0. The van der Waals surface area contributed by atoms with Gasteiger partial charge in [-0.1, -0.05) is 24.2 Å². The van der Waals surface area contributed by atoms with Crippen molar-refractivity contribution in [2.75, 3.05) is 20.8 Å². The summed E-state index contributed by atoms with van der Waals surface area (Å²) in [6.45, 7) is 5.15. The molecule has 166 valence electrons. The Morgan fingerprint density at radius 2 is 2.03 bits per heavy atom. The largest absolute Gasteiger partial charge is 0.469 e. The third kappa shape index (κ3) is 6.46. The number of carbonyl (C=O) groups excluding carboxylic acids is 1. The molecule has 0 aliphatic carbocycles. The summed E-state index contributed by atoms with van der Waals surface area (Å²) in [5, 5.41) is 24.4. The van der Waals surface area contributed by atoms with Gasteiger partial charge in [0, 0.05) is 13.0 Å². The molecule has 2 saturated heterocycles. The first-order valence-electron chi connectivity index (χ1n) is 9.47. The number of aliphatic hydroxyl groups excluding tert-OH is 2. The van der Waals surface area contributed by atoms with Gasteiger partial charge < -0.3 is 38.7 Å². The monoisotopic (exact) mass is 417 g/mol. The van der Waals surface area contributed by atoms with Gasteiger partial charge in [-0.3, -0.25) is 4.79 Å². The van der Waals surface area contributed by atoms with Crippen LogP contribution >= 0.6 is 0 Å². The van der Waals surface area contributed by atoms with Crippen LogP contribution in [0.15, 0.2) is 17.3 Å². The molecule has 0 unspecified atom stereocenters. The number of aliphatic hydroxyl groups is 2. The molecule has 0 aromatic heterocycles. The van der Waals surface area contributed by atoms with Gasteiger partial charge in [0.1, 0.15) is 37.1 Å². The molecular weight excluding hydrogens is 386 g/mol. The Morgan fingerprint density at radius 3 is 2.66 bits per heavy atom. The molecule has 2 rings (SSSR count). The predicted octanol–water partition coefficient (Wildman–Crippen LogP) is 0.357. The minimum atomic E-state index is -1.12. The fraction of sp³-hybridized carbons (Fsp3) is 0.789. The first-order valence-corrected chi connectivity index (χ1v) is 9.47. The van der Waals surface area contributed by atoms with Crippen LogP contribution in [0, 0.1) is 5.92 Å². The van der Waals surface area contributed by atoms with E-state index in [-0.39, 0.29) is 24.9 Å². The molecule has 0 aromatic carbocycles. The molecule has 0 bridgehead atoms. The third-order valence-electron chi connectivity index (χ3n) is 4.70. The Balaban J connectivity index is 1.76. The molecule has 2 aliphatic heterocycles. The van der Waals surface area contributed by atoms with Crippen LogP contribution in [0.25, 0.3) is 0 Å². The first kappa shape index (κ1) is 23.7. The summed E-state index contributed by atoms with van der Waals surface area (Å²) in [6.07, 6.45) is 0.270. The second-order valence-electron chi connectivity index (χ2n) is 7.45. The van der Waals surface area contributed by atoms with Gasteiger partial charge in [-0.25, -0.2) is 0 Å². The normalized spacial score (nSPS) is 31.7. The molecule has 0 saturated carbocycles. The molecule has 2 fully saturated rings. The van der Waals surface area contributed by atoms with Gasteiger partial charge in [0.25, 0.3) is 0 Å². The van der Waals surface area contributed by atoms with Crippen LogP contribution in [-0.4, -0.2) is 85.8 Å². The van der Waals surface area contributed by atoms with Gasteiger partial charge in [-0.2, -0.15) is 0 Å². The van der Waals surface area contributed by atoms with E-state index in [1.807, 2.05) is 13.0 Å². The molecule has 0 radical (unpaired) electrons. The molecule has 2 aliphatic rings. The van der Waals surface area contributed by atoms with Crippen molar-refractivity contribution in [1.29, 1.82) is 0 Å². The zero-order chi connectivity index (χ0) is 21.6. The summed E-state index contributed by atoms with van der Waals surface area (Å²) in [5.74, 6) is -1.24. The van der Waals surface area contributed by atoms with Crippen LogP contribution in [0.5, 0.6) is 0 Å². The molecule has 0 spiro atoms. The number of methoxy groups -OCH3 is 2. The van der Waals surface area contributed by atoms with Crippen LogP contribution < -0.4 is 0 Å². The lowest BCUT2D eigenvalue weighted by molar-refractivity contribution is -0.228. The van der Waals surface area contributed by atoms with Crippen molar-refractivity contribution in [3.63, 3.8) is 0 Å². The summed E-state index contributed by atoms with van der Waals surface area (Å²) < 4.78 is 26.6. The van der Waals surface area contributed by atoms with E-state index in [1.165, 1.54) is 20.4 Å². The van der Waals surface area contributed by atoms with Crippen LogP contribution in [0.3, 0.4) is 0 Å². The summed E-state index contributed by atoms with van der Waals surface area (Å²) in [5.41, 5.74) is 0. The van der Waals surface area contributed by atoms with Crippen molar-refractivity contribution in [1.82, 2.24) is 0 Å². The maximum Gasteiger partial charge on any atom is 0.309 e. The maximum absolute atomic E-state index is 11.1. The van der Waals surface area contributed by atoms with E-state index in [9.17, 15) is 15.0 Å². The van der Waals surface area contributed by atoms with Crippen molar-refractivity contribution >= 4 is 12.2 Å². The van der Waals surface area contributed by atoms with Crippen molar-refractivity contribution < 1.29 is 43.5 Å². The fourth-order valence-corrected chi connectivity index (χ4v) is 3.13. The van der Waals surface area contributed by atoms with Crippen molar-refractivity contribution in [3.8, 4) is 0 Å². The van der Waals surface area contributed by atoms with Gasteiger partial charge in [0.15, 0.2) is 12.1 Å². The second kappa shape index (κ2) is 10.5. The third-order valence-corrected chi connectivity index (χ3v) is 4.70. The van der Waals surface area contributed by atoms with E-state index in [4.69, 9.17) is 23.8 Å². The number of esters is 1. The highest BCUT2D eigenvalue weighted by Gasteiger charge is 2.56. The van der Waals surface area contributed by atoms with E-state index >= 15 is 0 Å². The van der Waals surface area contributed by atoms with Crippen molar-refractivity contribution in [2.45, 2.75) is 69.8 Å². The summed E-state index contributed by atoms with van der Waals surface area (Å²) >= 11 is 0. The van der Waals surface area contributed by atoms with Crippen LogP contribution in [-0.2, 0) is 33.3 Å². The topological polar surface area (TPSA) is 125 Å². The Labute approximate surface area is 170 Å². The standard InChI is InChI=1S/C19H31NO9/c1-11(7-6-8-14(22)25-5)13(24-4)9-20-26-10-12(21)16-15(23)17-18(27-16)29-19(2,3)28-17/h6-7,9,11-13,15-18,21,23H,8,10H2,1-5H3/b7-6+,20-9+/t11-,12-,13-,15+,16-,17-,18-/m1/s1. The SMILES string of the molecule is COC(=O)C/C=C/[C@@H](C)[C@@H](/C=N/OC[C@@H](O)[C@H]1O[C@@H]2OC(C)(C)O[C@@H]2[C@H]1O)OC. The lowest BCUT2D eigenvalue weighted by Crippen LogP contribution is -2.42. The van der Waals surface area contributed by atoms with E-state index in [0.717, 1.165) is 0 Å². The Hall–Kier alpha value is -1.56. The van der Waals surface area contributed by atoms with Crippen LogP contribution in [0.1, 0.15) is 27.2 Å². The quantitative estimate of drug-likeness (QED) is 0.224. The Kier molecular flexibility index (Phi) is 8.56. The molecule has 29 heavy (non-hydrogen) atoms. The predicted molar refractivity (Wildman–Crippen MR) is 101 cm³/mol. The molecule has 10 nitrogen and oxygen atoms in total. The number of hydrogen-bond acceptors (Lipinski definition) is 10. The minimum Gasteiger partial charge on any atom is -0.469 e. The van der Waals surface area contributed by atoms with Crippen LogP contribution in [0.2, 0.25) is 0 Å². The van der Waals surface area contributed by atoms with Crippen molar-refractivity contribution in [2.24, 2.45) is 11.1 Å². The zero-order valence-corrected chi connectivity index (χ0v) is 17.4. The Morgan fingerprint density at radius 1 is 1.31 bits per heavy atom. The molecule has 7 atom stereocenters. The number of ether oxygens (including phenoxy) is 5. The second-order valence-corrected chi connectivity index (χ2v) is 7.45. The Bertz CT molecular complexity index is 594. The summed E-state index contributed by atoms with van der Waals surface area (Å²) in [6, 6.07) is 0. The molecule has 0 aromatic rings. The molecule has 2 N–H and O–H groups in total. The highest BCUT2D eigenvalue weighted by atomic mass is 16.8. The van der Waals surface area contributed by atoms with Gasteiger partial charge >= 0.3 is 5.97 Å². The number of fused-ring (bicyclic) bond motifs is 1. The lowest BCUT2D eigenvalue weighted by Gasteiger charge is -2.25. The number of rotatable bonds is 10. The van der Waals surface area contributed by atoms with Crippen molar-refractivity contribution in [3.05, 3.63) is 12.2 Å². The number of hydrogen-bond donors (Lipinski definition) is 2. The fourth-order valence-electron chi connectivity index (χ4n) is 3.13. The summed E-state index contributed by atoms with van der Waals surface area (Å²) in [4.78, 5) is 16.2. The van der Waals surface area contributed by atoms with E-state index < -0.39 is 42.6 Å². The van der Waals surface area contributed by atoms with Gasteiger partial charge in [-0.05, 0) is 13.8 Å². The van der Waals surface area contributed by atoms with Gasteiger partial charge in [0.2, 0.25) is 0 Å². The first-order chi connectivity index (χ1) is 13.7. The minimum absolute atomic E-state index is 0.0704.